The second-order valence-electron chi connectivity index (χ2n) is 4.04. The number of hydrogen-bond donors (Lipinski definition) is 2. The monoisotopic (exact) mass is 263 g/mol. The van der Waals surface area contributed by atoms with Crippen LogP contribution in [0.3, 0.4) is 0 Å². The normalized spacial score (nSPS) is 10.6. The fourth-order valence-corrected chi connectivity index (χ4v) is 2.34. The van der Waals surface area contributed by atoms with E-state index in [0.29, 0.717) is 12.4 Å². The minimum Gasteiger partial charge on any atom is -0.384 e. The van der Waals surface area contributed by atoms with Crippen molar-refractivity contribution in [3.63, 3.8) is 0 Å². The number of hydrogen-bond acceptors (Lipinski definition) is 6. The van der Waals surface area contributed by atoms with Crippen molar-refractivity contribution in [2.45, 2.75) is 33.2 Å². The van der Waals surface area contributed by atoms with Gasteiger partial charge >= 0.3 is 0 Å². The minimum absolute atomic E-state index is 0.511. The highest BCUT2D eigenvalue weighted by molar-refractivity contribution is 7.11. The molecule has 0 aromatic carbocycles. The van der Waals surface area contributed by atoms with Crippen LogP contribution in [-0.2, 0) is 13.0 Å². The van der Waals surface area contributed by atoms with Crippen molar-refractivity contribution in [3.05, 3.63) is 28.0 Å². The summed E-state index contributed by atoms with van der Waals surface area (Å²) in [6, 6.07) is 1.76. The maximum atomic E-state index is 5.76. The van der Waals surface area contributed by atoms with Crippen LogP contribution in [0.15, 0.2) is 12.3 Å². The Hall–Kier alpha value is -1.69. The number of nitrogens with one attached hydrogen (secondary N) is 1. The van der Waals surface area contributed by atoms with Crippen LogP contribution in [0.2, 0.25) is 0 Å². The second kappa shape index (κ2) is 5.77. The van der Waals surface area contributed by atoms with Gasteiger partial charge < -0.3 is 11.1 Å². The molecule has 2 aromatic heterocycles. The molecule has 6 heteroatoms. The summed E-state index contributed by atoms with van der Waals surface area (Å²) < 4.78 is 0. The van der Waals surface area contributed by atoms with Crippen molar-refractivity contribution in [2.24, 2.45) is 0 Å². The van der Waals surface area contributed by atoms with Gasteiger partial charge in [-0.25, -0.2) is 15.0 Å². The largest absolute Gasteiger partial charge is 0.384 e. The summed E-state index contributed by atoms with van der Waals surface area (Å²) in [6.45, 7) is 4.81. The van der Waals surface area contributed by atoms with E-state index in [0.717, 1.165) is 29.5 Å². The van der Waals surface area contributed by atoms with Gasteiger partial charge in [-0.2, -0.15) is 0 Å². The molecule has 0 aliphatic rings. The molecule has 0 unspecified atom stereocenters. The number of anilines is 2. The molecule has 5 nitrogen and oxygen atoms in total. The van der Waals surface area contributed by atoms with E-state index in [1.54, 1.807) is 17.4 Å². The van der Waals surface area contributed by atoms with Crippen LogP contribution in [0, 0.1) is 6.92 Å². The highest BCUT2D eigenvalue weighted by Gasteiger charge is 2.03. The first kappa shape index (κ1) is 12.8. The zero-order valence-electron chi connectivity index (χ0n) is 10.6. The summed E-state index contributed by atoms with van der Waals surface area (Å²) >= 11 is 1.68. The van der Waals surface area contributed by atoms with Crippen LogP contribution >= 0.6 is 11.3 Å². The highest BCUT2D eigenvalue weighted by Crippen LogP contribution is 2.15. The molecule has 0 fully saturated rings. The molecule has 2 aromatic rings. The third-order valence-corrected chi connectivity index (χ3v) is 3.29. The van der Waals surface area contributed by atoms with E-state index in [9.17, 15) is 0 Å². The van der Waals surface area contributed by atoms with Gasteiger partial charge in [0, 0.05) is 23.6 Å². The highest BCUT2D eigenvalue weighted by atomic mass is 32.1. The Bertz CT molecular complexity index is 523. The summed E-state index contributed by atoms with van der Waals surface area (Å²) in [5.41, 5.74) is 5.76. The molecule has 2 heterocycles. The molecule has 0 amide bonds. The lowest BCUT2D eigenvalue weighted by molar-refractivity contribution is 0.837. The summed E-state index contributed by atoms with van der Waals surface area (Å²) in [6.07, 6.45) is 3.74. The van der Waals surface area contributed by atoms with Gasteiger partial charge in [-0.1, -0.05) is 6.92 Å². The smallest absolute Gasteiger partial charge is 0.133 e. The van der Waals surface area contributed by atoms with Gasteiger partial charge in [-0.15, -0.1) is 11.3 Å². The van der Waals surface area contributed by atoms with Gasteiger partial charge in [0.05, 0.1) is 11.6 Å². The lowest BCUT2D eigenvalue weighted by Crippen LogP contribution is -2.05. The van der Waals surface area contributed by atoms with E-state index in [1.807, 2.05) is 13.1 Å². The van der Waals surface area contributed by atoms with E-state index in [4.69, 9.17) is 5.73 Å². The number of nitrogen functional groups attached to an aromatic ring is 1. The molecule has 0 radical (unpaired) electrons. The molecule has 96 valence electrons. The molecule has 0 bridgehead atoms. The average molecular weight is 263 g/mol. The van der Waals surface area contributed by atoms with Gasteiger partial charge in [-0.05, 0) is 13.3 Å². The summed E-state index contributed by atoms with van der Waals surface area (Å²) in [7, 11) is 0. The van der Waals surface area contributed by atoms with Gasteiger partial charge in [0.1, 0.15) is 17.5 Å². The molecule has 3 N–H and O–H groups in total. The molecule has 2 rings (SSSR count). The van der Waals surface area contributed by atoms with Crippen LogP contribution in [0.4, 0.5) is 11.6 Å². The summed E-state index contributed by atoms with van der Waals surface area (Å²) in [4.78, 5) is 14.0. The lowest BCUT2D eigenvalue weighted by atomic mass is 10.3. The Labute approximate surface area is 111 Å². The van der Waals surface area contributed by atoms with Crippen LogP contribution in [0.1, 0.15) is 29.1 Å². The topological polar surface area (TPSA) is 76.7 Å². The fraction of sp³-hybridized carbons (Fsp3) is 0.417. The predicted molar refractivity (Wildman–Crippen MR) is 74.6 cm³/mol. The molecule has 0 saturated heterocycles. The number of rotatable bonds is 5. The van der Waals surface area contributed by atoms with Crippen LogP contribution < -0.4 is 11.1 Å². The third kappa shape index (κ3) is 3.40. The minimum atomic E-state index is 0.511. The second-order valence-corrected chi connectivity index (χ2v) is 5.36. The number of aromatic nitrogens is 3. The summed E-state index contributed by atoms with van der Waals surface area (Å²) in [5, 5.41) is 4.32. The Morgan fingerprint density at radius 2 is 2.22 bits per heavy atom. The number of aryl methyl sites for hydroxylation is 2. The average Bonchev–Trinajstić information content (AvgIpc) is 2.72. The Kier molecular flexibility index (Phi) is 4.09. The lowest BCUT2D eigenvalue weighted by Gasteiger charge is -2.06. The SMILES string of the molecule is CCCc1nc(N)cc(NCc2cnc(C)s2)n1. The molecular weight excluding hydrogens is 246 g/mol. The van der Waals surface area contributed by atoms with Crippen molar-refractivity contribution in [1.29, 1.82) is 0 Å². The van der Waals surface area contributed by atoms with Crippen LogP contribution in [-0.4, -0.2) is 15.0 Å². The van der Waals surface area contributed by atoms with E-state index in [-0.39, 0.29) is 0 Å². The third-order valence-electron chi connectivity index (χ3n) is 2.38. The van der Waals surface area contributed by atoms with E-state index >= 15 is 0 Å². The van der Waals surface area contributed by atoms with Crippen molar-refractivity contribution < 1.29 is 0 Å². The fourth-order valence-electron chi connectivity index (χ4n) is 1.61. The van der Waals surface area contributed by atoms with Crippen LogP contribution in [0.25, 0.3) is 0 Å². The van der Waals surface area contributed by atoms with E-state index in [2.05, 4.69) is 27.2 Å². The number of nitrogens with two attached hydrogens (primary N) is 1. The van der Waals surface area contributed by atoms with Gasteiger partial charge in [-0.3, -0.25) is 0 Å². The number of thiazole rings is 1. The van der Waals surface area contributed by atoms with E-state index in [1.165, 1.54) is 4.88 Å². The summed E-state index contributed by atoms with van der Waals surface area (Å²) in [5.74, 6) is 2.08. The predicted octanol–water partition coefficient (Wildman–Crippen LogP) is 2.39. The Balaban J connectivity index is 2.04. The van der Waals surface area contributed by atoms with Gasteiger partial charge in [0.2, 0.25) is 0 Å². The Morgan fingerprint density at radius 1 is 1.39 bits per heavy atom. The maximum Gasteiger partial charge on any atom is 0.133 e. The van der Waals surface area contributed by atoms with Gasteiger partial charge in [0.15, 0.2) is 0 Å². The Morgan fingerprint density at radius 3 is 2.89 bits per heavy atom. The molecule has 0 atom stereocenters. The van der Waals surface area contributed by atoms with Gasteiger partial charge in [0.25, 0.3) is 0 Å². The molecule has 18 heavy (non-hydrogen) atoms. The maximum absolute atomic E-state index is 5.76. The first-order chi connectivity index (χ1) is 8.67. The number of nitrogens with zero attached hydrogens (tertiary/aromatic N) is 3. The van der Waals surface area contributed by atoms with Crippen molar-refractivity contribution >= 4 is 23.0 Å². The standard InChI is InChI=1S/C12H17N5S/c1-3-4-11-16-10(13)5-12(17-11)15-7-9-6-14-8(2)18-9/h5-6H,3-4,7H2,1-2H3,(H3,13,15,16,17). The molecule has 0 aliphatic heterocycles. The first-order valence-electron chi connectivity index (χ1n) is 5.96. The van der Waals surface area contributed by atoms with Crippen molar-refractivity contribution in [1.82, 2.24) is 15.0 Å². The van der Waals surface area contributed by atoms with E-state index < -0.39 is 0 Å². The zero-order chi connectivity index (χ0) is 13.0. The molecule has 0 saturated carbocycles. The quantitative estimate of drug-likeness (QED) is 0.866. The zero-order valence-corrected chi connectivity index (χ0v) is 11.4. The van der Waals surface area contributed by atoms with Crippen molar-refractivity contribution in [2.75, 3.05) is 11.1 Å². The van der Waals surface area contributed by atoms with Crippen molar-refractivity contribution in [3.8, 4) is 0 Å². The molecule has 0 aliphatic carbocycles. The molecule has 0 spiro atoms. The first-order valence-corrected chi connectivity index (χ1v) is 6.77. The van der Waals surface area contributed by atoms with Crippen LogP contribution in [0.5, 0.6) is 0 Å². The molecular formula is C12H17N5S.